The number of amides is 1. The predicted molar refractivity (Wildman–Crippen MR) is 52.3 cm³/mol. The molecule has 0 saturated heterocycles. The van der Waals surface area contributed by atoms with E-state index in [0.717, 1.165) is 0 Å². The Labute approximate surface area is 86.9 Å². The van der Waals surface area contributed by atoms with Gasteiger partial charge in [-0.05, 0) is 18.2 Å². The van der Waals surface area contributed by atoms with Gasteiger partial charge in [0.1, 0.15) is 0 Å². The molecule has 1 N–H and O–H groups in total. The quantitative estimate of drug-likeness (QED) is 0.589. The normalized spacial score (nSPS) is 9.47. The number of esters is 1. The summed E-state index contributed by atoms with van der Waals surface area (Å²) in [5, 5.41) is 0. The third-order valence-corrected chi connectivity index (χ3v) is 1.74. The predicted octanol–water partition coefficient (Wildman–Crippen LogP) is 0.764. The van der Waals surface area contributed by atoms with Crippen LogP contribution < -0.4 is 5.48 Å². The van der Waals surface area contributed by atoms with E-state index in [2.05, 4.69) is 15.1 Å². The maximum absolute atomic E-state index is 11.3. The minimum atomic E-state index is -0.484. The van der Waals surface area contributed by atoms with Gasteiger partial charge in [0.2, 0.25) is 0 Å². The van der Waals surface area contributed by atoms with E-state index >= 15 is 0 Å². The van der Waals surface area contributed by atoms with Crippen LogP contribution in [0.3, 0.4) is 0 Å². The molecule has 0 bridgehead atoms. The number of ether oxygens (including phenoxy) is 1. The number of benzene rings is 1. The summed E-state index contributed by atoms with van der Waals surface area (Å²) >= 11 is 0. The van der Waals surface area contributed by atoms with Crippen molar-refractivity contribution in [3.63, 3.8) is 0 Å². The summed E-state index contributed by atoms with van der Waals surface area (Å²) in [6.07, 6.45) is 0. The molecular weight excluding hydrogens is 198 g/mol. The summed E-state index contributed by atoms with van der Waals surface area (Å²) < 4.78 is 4.53. The van der Waals surface area contributed by atoms with Crippen LogP contribution in [0.2, 0.25) is 0 Å². The van der Waals surface area contributed by atoms with E-state index in [0.29, 0.717) is 11.1 Å². The first-order chi connectivity index (χ1) is 7.19. The number of methoxy groups -OCH3 is 1. The van der Waals surface area contributed by atoms with Crippen molar-refractivity contribution in [3.8, 4) is 0 Å². The van der Waals surface area contributed by atoms with E-state index < -0.39 is 11.9 Å². The molecule has 0 unspecified atom stereocenters. The van der Waals surface area contributed by atoms with Gasteiger partial charge in [-0.1, -0.05) is 6.07 Å². The molecule has 1 rings (SSSR count). The van der Waals surface area contributed by atoms with Crippen molar-refractivity contribution in [1.29, 1.82) is 0 Å². The van der Waals surface area contributed by atoms with Crippen LogP contribution in [0.25, 0.3) is 0 Å². The summed E-state index contributed by atoms with van der Waals surface area (Å²) in [6.45, 7) is 0. The van der Waals surface area contributed by atoms with E-state index in [4.69, 9.17) is 0 Å². The number of rotatable bonds is 3. The van der Waals surface area contributed by atoms with Crippen molar-refractivity contribution in [1.82, 2.24) is 5.48 Å². The fourth-order valence-electron chi connectivity index (χ4n) is 1.06. The van der Waals surface area contributed by atoms with E-state index in [9.17, 15) is 9.59 Å². The lowest BCUT2D eigenvalue weighted by atomic mass is 10.1. The molecule has 0 atom stereocenters. The molecule has 0 aliphatic carbocycles. The Morgan fingerprint density at radius 1 is 1.20 bits per heavy atom. The van der Waals surface area contributed by atoms with Crippen LogP contribution in [-0.4, -0.2) is 26.1 Å². The summed E-state index contributed by atoms with van der Waals surface area (Å²) in [6, 6.07) is 6.16. The molecule has 1 aromatic rings. The highest BCUT2D eigenvalue weighted by molar-refractivity contribution is 5.97. The van der Waals surface area contributed by atoms with Crippen LogP contribution in [0.4, 0.5) is 0 Å². The van der Waals surface area contributed by atoms with E-state index in [1.807, 2.05) is 0 Å². The van der Waals surface area contributed by atoms with E-state index in [1.165, 1.54) is 20.3 Å². The molecule has 5 heteroatoms. The molecule has 0 saturated carbocycles. The minimum Gasteiger partial charge on any atom is -0.465 e. The van der Waals surface area contributed by atoms with Crippen LogP contribution in [-0.2, 0) is 9.57 Å². The van der Waals surface area contributed by atoms with Gasteiger partial charge in [-0.25, -0.2) is 10.3 Å². The Bertz CT molecular complexity index is 375. The Balaban J connectivity index is 2.92. The van der Waals surface area contributed by atoms with E-state index in [-0.39, 0.29) is 0 Å². The van der Waals surface area contributed by atoms with Crippen LogP contribution >= 0.6 is 0 Å². The van der Waals surface area contributed by atoms with Crippen LogP contribution in [0.1, 0.15) is 20.7 Å². The first kappa shape index (κ1) is 11.2. The van der Waals surface area contributed by atoms with Crippen LogP contribution in [0, 0.1) is 0 Å². The van der Waals surface area contributed by atoms with Gasteiger partial charge in [0, 0.05) is 5.56 Å². The maximum atomic E-state index is 11.3. The summed E-state index contributed by atoms with van der Waals surface area (Å²) in [5.74, 6) is -0.898. The van der Waals surface area contributed by atoms with Crippen LogP contribution in [0.5, 0.6) is 0 Å². The van der Waals surface area contributed by atoms with Crippen molar-refractivity contribution in [2.75, 3.05) is 14.2 Å². The Morgan fingerprint density at radius 2 is 1.87 bits per heavy atom. The van der Waals surface area contributed by atoms with Gasteiger partial charge < -0.3 is 4.74 Å². The van der Waals surface area contributed by atoms with Gasteiger partial charge >= 0.3 is 5.97 Å². The second-order valence-electron chi connectivity index (χ2n) is 2.71. The van der Waals surface area contributed by atoms with Crippen LogP contribution in [0.15, 0.2) is 24.3 Å². The molecule has 15 heavy (non-hydrogen) atoms. The number of carbonyl (C=O) groups excluding carboxylic acids is 2. The lowest BCUT2D eigenvalue weighted by Crippen LogP contribution is -2.22. The second-order valence-corrected chi connectivity index (χ2v) is 2.71. The lowest BCUT2D eigenvalue weighted by molar-refractivity contribution is 0.0537. The number of hydrogen-bond donors (Lipinski definition) is 1. The SMILES string of the molecule is CONC(=O)c1cccc(C(=O)OC)c1. The number of nitrogens with one attached hydrogen (secondary N) is 1. The van der Waals surface area contributed by atoms with Gasteiger partial charge in [0.25, 0.3) is 5.91 Å². The standard InChI is InChI=1S/C10H11NO4/c1-14-10(13)8-5-3-4-7(6-8)9(12)11-15-2/h3-6H,1-2H3,(H,11,12). The third-order valence-electron chi connectivity index (χ3n) is 1.74. The topological polar surface area (TPSA) is 64.6 Å². The minimum absolute atomic E-state index is 0.321. The Hall–Kier alpha value is -1.88. The lowest BCUT2D eigenvalue weighted by Gasteiger charge is -2.03. The monoisotopic (exact) mass is 209 g/mol. The van der Waals surface area contributed by atoms with Gasteiger partial charge in [-0.15, -0.1) is 0 Å². The average Bonchev–Trinajstić information content (AvgIpc) is 2.28. The van der Waals surface area contributed by atoms with Crippen molar-refractivity contribution < 1.29 is 19.2 Å². The second kappa shape index (κ2) is 5.11. The van der Waals surface area contributed by atoms with Crippen molar-refractivity contribution in [2.24, 2.45) is 0 Å². The number of hydroxylamine groups is 1. The summed E-state index contributed by atoms with van der Waals surface area (Å²) in [4.78, 5) is 26.9. The molecule has 0 radical (unpaired) electrons. The zero-order valence-electron chi connectivity index (χ0n) is 8.44. The van der Waals surface area contributed by atoms with Crippen molar-refractivity contribution in [2.45, 2.75) is 0 Å². The maximum Gasteiger partial charge on any atom is 0.337 e. The fourth-order valence-corrected chi connectivity index (χ4v) is 1.06. The Morgan fingerprint density at radius 3 is 2.47 bits per heavy atom. The smallest absolute Gasteiger partial charge is 0.337 e. The molecule has 1 amide bonds. The highest BCUT2D eigenvalue weighted by Crippen LogP contribution is 2.06. The molecule has 0 aliphatic rings. The van der Waals surface area contributed by atoms with Crippen molar-refractivity contribution >= 4 is 11.9 Å². The van der Waals surface area contributed by atoms with Crippen molar-refractivity contribution in [3.05, 3.63) is 35.4 Å². The van der Waals surface area contributed by atoms with Gasteiger partial charge in [0.15, 0.2) is 0 Å². The highest BCUT2D eigenvalue weighted by Gasteiger charge is 2.09. The molecule has 80 valence electrons. The molecule has 1 aromatic carbocycles. The fraction of sp³-hybridized carbons (Fsp3) is 0.200. The highest BCUT2D eigenvalue weighted by atomic mass is 16.6. The largest absolute Gasteiger partial charge is 0.465 e. The number of hydrogen-bond acceptors (Lipinski definition) is 4. The zero-order chi connectivity index (χ0) is 11.3. The molecule has 0 aromatic heterocycles. The molecular formula is C10H11NO4. The van der Waals surface area contributed by atoms with Gasteiger partial charge in [0.05, 0.1) is 19.8 Å². The molecule has 0 spiro atoms. The first-order valence-electron chi connectivity index (χ1n) is 4.20. The summed E-state index contributed by atoms with van der Waals surface area (Å²) in [5.41, 5.74) is 2.81. The molecule has 0 aliphatic heterocycles. The third kappa shape index (κ3) is 2.78. The summed E-state index contributed by atoms with van der Waals surface area (Å²) in [7, 11) is 2.62. The van der Waals surface area contributed by atoms with Gasteiger partial charge in [-0.3, -0.25) is 9.63 Å². The molecule has 0 heterocycles. The van der Waals surface area contributed by atoms with E-state index in [1.54, 1.807) is 18.2 Å². The molecule has 0 fully saturated rings. The first-order valence-corrected chi connectivity index (χ1v) is 4.20. The zero-order valence-corrected chi connectivity index (χ0v) is 8.44. The average molecular weight is 209 g/mol. The Kier molecular flexibility index (Phi) is 3.82. The molecule has 5 nitrogen and oxygen atoms in total. The van der Waals surface area contributed by atoms with Gasteiger partial charge in [-0.2, -0.15) is 0 Å². The number of carbonyl (C=O) groups is 2.